The number of hydrogen-bond acceptors (Lipinski definition) is 2. The van der Waals surface area contributed by atoms with Crippen LogP contribution in [0.25, 0.3) is 6.08 Å². The highest BCUT2D eigenvalue weighted by atomic mass is 16.6. The van der Waals surface area contributed by atoms with E-state index in [1.54, 1.807) is 6.92 Å². The van der Waals surface area contributed by atoms with Crippen LogP contribution in [0.4, 0.5) is 0 Å². The molecule has 1 fully saturated rings. The molecule has 0 saturated carbocycles. The lowest BCUT2D eigenvalue weighted by molar-refractivity contribution is 0.101. The van der Waals surface area contributed by atoms with Crippen LogP contribution in [0.3, 0.4) is 0 Å². The molecule has 15 heavy (non-hydrogen) atoms. The Hall–Kier alpha value is -1.41. The van der Waals surface area contributed by atoms with Crippen molar-refractivity contribution in [2.75, 3.05) is 0 Å². The molecule has 2 aliphatic rings. The molecule has 0 radical (unpaired) electrons. The first-order valence-corrected chi connectivity index (χ1v) is 5.12. The summed E-state index contributed by atoms with van der Waals surface area (Å²) >= 11 is 0. The fourth-order valence-electron chi connectivity index (χ4n) is 2.15. The third-order valence-electron chi connectivity index (χ3n) is 3.20. The summed E-state index contributed by atoms with van der Waals surface area (Å²) in [5.41, 5.74) is 2.99. The highest BCUT2D eigenvalue weighted by molar-refractivity contribution is 5.95. The molecule has 2 atom stereocenters. The monoisotopic (exact) mass is 200 g/mol. The number of carbonyl (C=O) groups excluding carboxylic acids is 1. The minimum atomic E-state index is -0.0925. The Morgan fingerprint density at radius 1 is 1.47 bits per heavy atom. The van der Waals surface area contributed by atoms with Crippen molar-refractivity contribution >= 4 is 11.9 Å². The van der Waals surface area contributed by atoms with Crippen LogP contribution in [-0.4, -0.2) is 11.4 Å². The Morgan fingerprint density at radius 3 is 3.00 bits per heavy atom. The van der Waals surface area contributed by atoms with Crippen LogP contribution < -0.4 is 0 Å². The Labute approximate surface area is 88.6 Å². The van der Waals surface area contributed by atoms with Gasteiger partial charge >= 0.3 is 0 Å². The predicted octanol–water partition coefficient (Wildman–Crippen LogP) is 2.75. The number of ketones is 1. The average molecular weight is 200 g/mol. The third kappa shape index (κ3) is 1.18. The Balaban J connectivity index is 2.11. The molecule has 1 aliphatic heterocycles. The van der Waals surface area contributed by atoms with Gasteiger partial charge in [0.1, 0.15) is 11.7 Å². The van der Waals surface area contributed by atoms with Gasteiger partial charge in [-0.1, -0.05) is 18.2 Å². The Bertz CT molecular complexity index is 487. The van der Waals surface area contributed by atoms with Crippen molar-refractivity contribution in [1.82, 2.24) is 0 Å². The molecule has 1 heterocycles. The molecule has 0 aromatic heterocycles. The number of epoxide rings is 1. The zero-order chi connectivity index (χ0) is 10.6. The lowest BCUT2D eigenvalue weighted by Crippen LogP contribution is -2.07. The standard InChI is InChI=1S/C13H12O2/c1-8(14)9-3-4-11-10(7-9)5-6-13(2)12(11)15-13/h3-7,12H,1-2H3. The normalized spacial score (nSPS) is 30.7. The topological polar surface area (TPSA) is 29.6 Å². The summed E-state index contributed by atoms with van der Waals surface area (Å²) in [4.78, 5) is 11.2. The first-order valence-electron chi connectivity index (χ1n) is 5.12. The van der Waals surface area contributed by atoms with Gasteiger partial charge in [-0.15, -0.1) is 0 Å². The van der Waals surface area contributed by atoms with Gasteiger partial charge in [0.05, 0.1) is 0 Å². The summed E-state index contributed by atoms with van der Waals surface area (Å²) < 4.78 is 5.62. The second-order valence-corrected chi connectivity index (χ2v) is 4.41. The third-order valence-corrected chi connectivity index (χ3v) is 3.20. The quantitative estimate of drug-likeness (QED) is 0.515. The molecule has 1 saturated heterocycles. The fraction of sp³-hybridized carbons (Fsp3) is 0.308. The average Bonchev–Trinajstić information content (AvgIpc) is 2.90. The van der Waals surface area contributed by atoms with Gasteiger partial charge in [-0.05, 0) is 37.1 Å². The molecule has 1 aromatic rings. The summed E-state index contributed by atoms with van der Waals surface area (Å²) in [6.45, 7) is 3.67. The van der Waals surface area contributed by atoms with E-state index in [9.17, 15) is 4.79 Å². The van der Waals surface area contributed by atoms with Gasteiger partial charge in [-0.2, -0.15) is 0 Å². The number of hydrogen-bond donors (Lipinski definition) is 0. The number of rotatable bonds is 1. The molecule has 2 nitrogen and oxygen atoms in total. The van der Waals surface area contributed by atoms with E-state index in [2.05, 4.69) is 13.0 Å². The molecule has 2 heteroatoms. The van der Waals surface area contributed by atoms with Gasteiger partial charge in [0.2, 0.25) is 0 Å². The maximum Gasteiger partial charge on any atom is 0.159 e. The van der Waals surface area contributed by atoms with E-state index in [0.717, 1.165) is 11.1 Å². The second kappa shape index (κ2) is 2.58. The zero-order valence-corrected chi connectivity index (χ0v) is 8.78. The molecule has 2 unspecified atom stereocenters. The predicted molar refractivity (Wildman–Crippen MR) is 57.7 cm³/mol. The van der Waals surface area contributed by atoms with E-state index >= 15 is 0 Å². The number of Topliss-reactive ketones (excluding diaryl/α,β-unsaturated/α-hetero) is 1. The SMILES string of the molecule is CC(=O)c1ccc2c(c1)C=CC1(C)OC21. The van der Waals surface area contributed by atoms with E-state index in [0.29, 0.717) is 0 Å². The zero-order valence-electron chi connectivity index (χ0n) is 8.78. The molecule has 1 aliphatic carbocycles. The van der Waals surface area contributed by atoms with Crippen molar-refractivity contribution < 1.29 is 9.53 Å². The smallest absolute Gasteiger partial charge is 0.159 e. The van der Waals surface area contributed by atoms with Crippen molar-refractivity contribution in [2.24, 2.45) is 0 Å². The first kappa shape index (κ1) is 8.86. The minimum absolute atomic E-state index is 0.0925. The molecule has 0 bridgehead atoms. The van der Waals surface area contributed by atoms with E-state index in [4.69, 9.17) is 4.74 Å². The maximum absolute atomic E-state index is 11.2. The molecule has 0 amide bonds. The molecule has 0 spiro atoms. The molecule has 1 aromatic carbocycles. The van der Waals surface area contributed by atoms with E-state index in [1.165, 1.54) is 5.56 Å². The number of benzene rings is 1. The summed E-state index contributed by atoms with van der Waals surface area (Å²) in [6, 6.07) is 5.82. The molecule has 0 N–H and O–H groups in total. The number of carbonyl (C=O) groups is 1. The van der Waals surface area contributed by atoms with Crippen LogP contribution in [0, 0.1) is 0 Å². The van der Waals surface area contributed by atoms with E-state index in [1.807, 2.05) is 24.3 Å². The highest BCUT2D eigenvalue weighted by Crippen LogP contribution is 2.54. The summed E-state index contributed by atoms with van der Waals surface area (Å²) in [7, 11) is 0. The molecule has 3 rings (SSSR count). The Morgan fingerprint density at radius 2 is 2.27 bits per heavy atom. The highest BCUT2D eigenvalue weighted by Gasteiger charge is 2.53. The van der Waals surface area contributed by atoms with Crippen LogP contribution >= 0.6 is 0 Å². The molecular weight excluding hydrogens is 188 g/mol. The van der Waals surface area contributed by atoms with Crippen molar-refractivity contribution in [1.29, 1.82) is 0 Å². The van der Waals surface area contributed by atoms with Crippen LogP contribution in [0.2, 0.25) is 0 Å². The van der Waals surface area contributed by atoms with Crippen molar-refractivity contribution in [2.45, 2.75) is 25.6 Å². The van der Waals surface area contributed by atoms with Gasteiger partial charge in [-0.25, -0.2) is 0 Å². The summed E-state index contributed by atoms with van der Waals surface area (Å²) in [5.74, 6) is 0.108. The summed E-state index contributed by atoms with van der Waals surface area (Å²) in [6.07, 6.45) is 4.31. The van der Waals surface area contributed by atoms with Crippen LogP contribution in [0.1, 0.15) is 41.4 Å². The van der Waals surface area contributed by atoms with Crippen molar-refractivity contribution in [3.8, 4) is 0 Å². The first-order chi connectivity index (χ1) is 7.10. The largest absolute Gasteiger partial charge is 0.357 e. The minimum Gasteiger partial charge on any atom is -0.357 e. The molecule has 76 valence electrons. The van der Waals surface area contributed by atoms with Gasteiger partial charge in [0.15, 0.2) is 5.78 Å². The van der Waals surface area contributed by atoms with E-state index < -0.39 is 0 Å². The second-order valence-electron chi connectivity index (χ2n) is 4.41. The maximum atomic E-state index is 11.2. The van der Waals surface area contributed by atoms with Crippen LogP contribution in [0.15, 0.2) is 24.3 Å². The van der Waals surface area contributed by atoms with Gasteiger partial charge in [0.25, 0.3) is 0 Å². The van der Waals surface area contributed by atoms with Gasteiger partial charge in [-0.3, -0.25) is 4.79 Å². The molecular formula is C13H12O2. The van der Waals surface area contributed by atoms with E-state index in [-0.39, 0.29) is 17.5 Å². The van der Waals surface area contributed by atoms with Crippen molar-refractivity contribution in [3.63, 3.8) is 0 Å². The van der Waals surface area contributed by atoms with Gasteiger partial charge < -0.3 is 4.74 Å². The Kier molecular flexibility index (Phi) is 1.53. The lowest BCUT2D eigenvalue weighted by Gasteiger charge is -2.11. The number of fused-ring (bicyclic) bond motifs is 3. The lowest BCUT2D eigenvalue weighted by atomic mass is 9.89. The fourth-order valence-corrected chi connectivity index (χ4v) is 2.15. The van der Waals surface area contributed by atoms with Crippen LogP contribution in [0.5, 0.6) is 0 Å². The van der Waals surface area contributed by atoms with Crippen LogP contribution in [-0.2, 0) is 4.74 Å². The van der Waals surface area contributed by atoms with Crippen molar-refractivity contribution in [3.05, 3.63) is 41.0 Å². The van der Waals surface area contributed by atoms with Gasteiger partial charge in [0, 0.05) is 5.56 Å². The number of ether oxygens (including phenoxy) is 1. The summed E-state index contributed by atoms with van der Waals surface area (Å²) in [5, 5.41) is 0.